The Hall–Kier alpha value is -3.40. The van der Waals surface area contributed by atoms with Gasteiger partial charge in [-0.1, -0.05) is 33.8 Å². The number of carbonyl (C=O) groups excluding carboxylic acids is 1. The summed E-state index contributed by atoms with van der Waals surface area (Å²) in [6, 6.07) is 6.52. The van der Waals surface area contributed by atoms with E-state index in [1.165, 1.54) is 13.1 Å². The van der Waals surface area contributed by atoms with Gasteiger partial charge in [0.15, 0.2) is 5.82 Å². The van der Waals surface area contributed by atoms with Crippen LogP contribution in [-0.4, -0.2) is 59.0 Å². The SMILES string of the molecule is CC.CC.CNC(=O)c1ccc(N2CCN(Cc3ccc4nc(C5CC5)c(=O)[nH]c4c3F)CC2)c(F)n1. The van der Waals surface area contributed by atoms with E-state index in [4.69, 9.17) is 0 Å². The summed E-state index contributed by atoms with van der Waals surface area (Å²) in [7, 11) is 1.47. The Labute approximate surface area is 216 Å². The monoisotopic (exact) mass is 514 g/mol. The quantitative estimate of drug-likeness (QED) is 0.496. The molecule has 1 saturated carbocycles. The van der Waals surface area contributed by atoms with E-state index >= 15 is 4.39 Å². The predicted octanol–water partition coefficient (Wildman–Crippen LogP) is 4.21. The van der Waals surface area contributed by atoms with E-state index in [2.05, 4.69) is 25.2 Å². The highest BCUT2D eigenvalue weighted by Gasteiger charge is 2.29. The van der Waals surface area contributed by atoms with Gasteiger partial charge in [0, 0.05) is 51.3 Å². The lowest BCUT2D eigenvalue weighted by molar-refractivity contribution is 0.0957. The zero-order valence-corrected chi connectivity index (χ0v) is 22.2. The van der Waals surface area contributed by atoms with Gasteiger partial charge < -0.3 is 15.2 Å². The predicted molar refractivity (Wildman–Crippen MR) is 142 cm³/mol. The number of H-pyrrole nitrogens is 1. The molecule has 2 aromatic heterocycles. The molecule has 1 aromatic carbocycles. The molecular formula is C27H36F2N6O2. The van der Waals surface area contributed by atoms with Gasteiger partial charge in [-0.25, -0.2) is 14.4 Å². The van der Waals surface area contributed by atoms with Crippen molar-refractivity contribution in [1.29, 1.82) is 0 Å². The van der Waals surface area contributed by atoms with E-state index in [1.54, 1.807) is 18.2 Å². The Bertz CT molecular complexity index is 1280. The highest BCUT2D eigenvalue weighted by molar-refractivity contribution is 5.92. The smallest absolute Gasteiger partial charge is 0.270 e. The van der Waals surface area contributed by atoms with E-state index < -0.39 is 17.7 Å². The first-order chi connectivity index (χ1) is 17.9. The number of nitrogens with one attached hydrogen (secondary N) is 2. The van der Waals surface area contributed by atoms with Crippen LogP contribution in [0, 0.1) is 11.8 Å². The first kappa shape index (κ1) is 28.2. The van der Waals surface area contributed by atoms with Gasteiger partial charge in [-0.2, -0.15) is 4.39 Å². The van der Waals surface area contributed by atoms with Crippen LogP contribution in [0.15, 0.2) is 29.1 Å². The molecule has 3 aromatic rings. The number of carbonyl (C=O) groups is 1. The Morgan fingerprint density at radius 2 is 1.70 bits per heavy atom. The Balaban J connectivity index is 0.000000907. The van der Waals surface area contributed by atoms with Gasteiger partial charge in [0.2, 0.25) is 5.95 Å². The molecule has 0 spiro atoms. The normalized spacial score (nSPS) is 15.4. The fourth-order valence-corrected chi connectivity index (χ4v) is 4.24. The summed E-state index contributed by atoms with van der Waals surface area (Å²) in [6.45, 7) is 10.7. The molecule has 1 amide bonds. The molecule has 2 fully saturated rings. The Kier molecular flexibility index (Phi) is 9.68. The standard InChI is InChI=1S/C23H24F2N6O2.2C2H6/c1-26-22(32)16-6-7-17(21(25)28-16)31-10-8-30(9-11-31)12-14-4-5-15-20(18(14)24)29-23(33)19(27-15)13-2-3-13;2*1-2/h4-7,13H,2-3,8-12H2,1H3,(H,26,32)(H,29,33);2*1-2H3. The molecule has 1 saturated heterocycles. The Morgan fingerprint density at radius 3 is 2.30 bits per heavy atom. The fraction of sp³-hybridized carbons (Fsp3) is 0.481. The number of benzene rings is 1. The number of piperazine rings is 1. The van der Waals surface area contributed by atoms with Crippen LogP contribution in [0.3, 0.4) is 0 Å². The van der Waals surface area contributed by atoms with Crippen LogP contribution in [0.25, 0.3) is 11.0 Å². The number of hydrogen-bond acceptors (Lipinski definition) is 6. The maximum atomic E-state index is 15.1. The molecule has 1 aliphatic carbocycles. The third-order valence-electron chi connectivity index (χ3n) is 6.27. The van der Waals surface area contributed by atoms with Crippen LogP contribution >= 0.6 is 0 Å². The zero-order valence-electron chi connectivity index (χ0n) is 22.2. The van der Waals surface area contributed by atoms with E-state index in [-0.39, 0.29) is 22.7 Å². The van der Waals surface area contributed by atoms with Crippen molar-refractivity contribution in [3.8, 4) is 0 Å². The first-order valence-corrected chi connectivity index (χ1v) is 13.0. The second kappa shape index (κ2) is 12.7. The number of nitrogens with zero attached hydrogens (tertiary/aromatic N) is 4. The minimum absolute atomic E-state index is 0.0287. The van der Waals surface area contributed by atoms with Gasteiger partial charge in [0.1, 0.15) is 16.9 Å². The van der Waals surface area contributed by atoms with Crippen molar-refractivity contribution >= 4 is 22.6 Å². The number of amides is 1. The lowest BCUT2D eigenvalue weighted by Gasteiger charge is -2.36. The number of halogens is 2. The second-order valence-corrected chi connectivity index (χ2v) is 8.51. The number of aromatic nitrogens is 3. The third kappa shape index (κ3) is 6.30. The molecule has 5 rings (SSSR count). The van der Waals surface area contributed by atoms with E-state index in [9.17, 15) is 14.0 Å². The summed E-state index contributed by atoms with van der Waals surface area (Å²) in [6.07, 6.45) is 1.90. The molecule has 2 aliphatic rings. The number of aromatic amines is 1. The van der Waals surface area contributed by atoms with Crippen LogP contribution in [0.1, 0.15) is 68.2 Å². The van der Waals surface area contributed by atoms with Crippen LogP contribution in [0.4, 0.5) is 14.5 Å². The molecule has 0 radical (unpaired) electrons. The van der Waals surface area contributed by atoms with Crippen molar-refractivity contribution in [3.05, 3.63) is 63.3 Å². The molecule has 0 atom stereocenters. The number of pyridine rings is 1. The molecule has 0 unspecified atom stereocenters. The summed E-state index contributed by atoms with van der Waals surface area (Å²) in [5.74, 6) is -1.39. The topological polar surface area (TPSA) is 94.2 Å². The van der Waals surface area contributed by atoms with Gasteiger partial charge in [-0.15, -0.1) is 0 Å². The van der Waals surface area contributed by atoms with Crippen LogP contribution in [0.5, 0.6) is 0 Å². The number of hydrogen-bond donors (Lipinski definition) is 2. The molecule has 200 valence electrons. The molecule has 0 bridgehead atoms. The van der Waals surface area contributed by atoms with Gasteiger partial charge in [-0.05, 0) is 31.0 Å². The molecule has 8 nitrogen and oxygen atoms in total. The number of fused-ring (bicyclic) bond motifs is 1. The van der Waals surface area contributed by atoms with Crippen LogP contribution < -0.4 is 15.8 Å². The summed E-state index contributed by atoms with van der Waals surface area (Å²) in [4.78, 5) is 38.7. The maximum Gasteiger partial charge on any atom is 0.270 e. The van der Waals surface area contributed by atoms with E-state index in [0.717, 1.165) is 12.8 Å². The minimum atomic E-state index is -0.688. The fourth-order valence-electron chi connectivity index (χ4n) is 4.24. The number of rotatable bonds is 5. The van der Waals surface area contributed by atoms with E-state index in [0.29, 0.717) is 55.2 Å². The highest BCUT2D eigenvalue weighted by Crippen LogP contribution is 2.37. The maximum absolute atomic E-state index is 15.1. The van der Waals surface area contributed by atoms with E-state index in [1.807, 2.05) is 32.6 Å². The molecule has 10 heteroatoms. The Morgan fingerprint density at radius 1 is 1.03 bits per heavy atom. The lowest BCUT2D eigenvalue weighted by atomic mass is 10.1. The van der Waals surface area contributed by atoms with Crippen molar-refractivity contribution in [3.63, 3.8) is 0 Å². The molecular weight excluding hydrogens is 478 g/mol. The minimum Gasteiger partial charge on any atom is -0.365 e. The average Bonchev–Trinajstić information content (AvgIpc) is 3.78. The van der Waals surface area contributed by atoms with Gasteiger partial charge in [0.05, 0.1) is 11.2 Å². The number of anilines is 1. The summed E-state index contributed by atoms with van der Waals surface area (Å²) in [5.41, 5.74) is 1.64. The van der Waals surface area contributed by atoms with Gasteiger partial charge in [-0.3, -0.25) is 14.5 Å². The first-order valence-electron chi connectivity index (χ1n) is 13.0. The molecule has 3 heterocycles. The van der Waals surface area contributed by atoms with Gasteiger partial charge in [0.25, 0.3) is 11.5 Å². The lowest BCUT2D eigenvalue weighted by Crippen LogP contribution is -2.46. The molecule has 1 aliphatic heterocycles. The second-order valence-electron chi connectivity index (χ2n) is 8.51. The zero-order chi connectivity index (χ0) is 27.1. The van der Waals surface area contributed by atoms with Crippen molar-refractivity contribution in [2.45, 2.75) is 53.0 Å². The van der Waals surface area contributed by atoms with Crippen molar-refractivity contribution < 1.29 is 13.6 Å². The largest absolute Gasteiger partial charge is 0.365 e. The van der Waals surface area contributed by atoms with Crippen molar-refractivity contribution in [2.75, 3.05) is 38.1 Å². The summed E-state index contributed by atoms with van der Waals surface area (Å²) < 4.78 is 29.6. The molecule has 2 N–H and O–H groups in total. The third-order valence-corrected chi connectivity index (χ3v) is 6.27. The van der Waals surface area contributed by atoms with Crippen molar-refractivity contribution in [2.24, 2.45) is 0 Å². The van der Waals surface area contributed by atoms with Gasteiger partial charge >= 0.3 is 0 Å². The summed E-state index contributed by atoms with van der Waals surface area (Å²) in [5, 5.41) is 2.42. The highest BCUT2D eigenvalue weighted by atomic mass is 19.1. The van der Waals surface area contributed by atoms with Crippen LogP contribution in [0.2, 0.25) is 0 Å². The summed E-state index contributed by atoms with van der Waals surface area (Å²) >= 11 is 0. The average molecular weight is 515 g/mol. The van der Waals surface area contributed by atoms with Crippen molar-refractivity contribution in [1.82, 2.24) is 25.2 Å². The molecule has 37 heavy (non-hydrogen) atoms. The van der Waals surface area contributed by atoms with Crippen LogP contribution in [-0.2, 0) is 6.54 Å².